The molecule has 0 aromatic carbocycles. The monoisotopic (exact) mass is 236 g/mol. The summed E-state index contributed by atoms with van der Waals surface area (Å²) in [5.74, 6) is 2.10. The van der Waals surface area contributed by atoms with Crippen LogP contribution in [0.5, 0.6) is 0 Å². The molecule has 2 aliphatic carbocycles. The number of nitrogens with zero attached hydrogens (tertiary/aromatic N) is 1. The molecule has 1 heterocycles. The molecule has 2 bridgehead atoms. The van der Waals surface area contributed by atoms with Crippen LogP contribution in [0.3, 0.4) is 0 Å². The average Bonchev–Trinajstić information content (AvgIpc) is 2.89. The Labute approximate surface area is 106 Å². The predicted octanol–water partition coefficient (Wildman–Crippen LogP) is 2.64. The molecule has 0 amide bonds. The van der Waals surface area contributed by atoms with Crippen LogP contribution < -0.4 is 5.32 Å². The zero-order chi connectivity index (χ0) is 12.0. The third kappa shape index (κ3) is 2.15. The summed E-state index contributed by atoms with van der Waals surface area (Å²) in [5.41, 5.74) is 0.313. The maximum atomic E-state index is 3.72. The molecule has 4 atom stereocenters. The van der Waals surface area contributed by atoms with Gasteiger partial charge in [-0.1, -0.05) is 13.3 Å². The van der Waals surface area contributed by atoms with E-state index in [0.717, 1.165) is 23.9 Å². The van der Waals surface area contributed by atoms with Gasteiger partial charge in [0.2, 0.25) is 0 Å². The second-order valence-electron chi connectivity index (χ2n) is 7.24. The van der Waals surface area contributed by atoms with Crippen LogP contribution in [-0.2, 0) is 0 Å². The fraction of sp³-hybridized carbons (Fsp3) is 1.00. The zero-order valence-corrected chi connectivity index (χ0v) is 11.7. The highest BCUT2D eigenvalue weighted by molar-refractivity contribution is 5.01. The first-order valence-corrected chi connectivity index (χ1v) is 7.60. The SMILES string of the molecule is CCC1CNC(C)(C)CN1C1CC2CCC1C2. The van der Waals surface area contributed by atoms with Gasteiger partial charge >= 0.3 is 0 Å². The Morgan fingerprint density at radius 1 is 1.24 bits per heavy atom. The van der Waals surface area contributed by atoms with Gasteiger partial charge < -0.3 is 5.32 Å². The van der Waals surface area contributed by atoms with E-state index in [4.69, 9.17) is 0 Å². The molecule has 1 aliphatic heterocycles. The van der Waals surface area contributed by atoms with E-state index in [-0.39, 0.29) is 0 Å². The minimum absolute atomic E-state index is 0.313. The van der Waals surface area contributed by atoms with E-state index in [9.17, 15) is 0 Å². The lowest BCUT2D eigenvalue weighted by atomic mass is 9.88. The first-order valence-electron chi connectivity index (χ1n) is 7.60. The lowest BCUT2D eigenvalue weighted by Crippen LogP contribution is -2.64. The van der Waals surface area contributed by atoms with Crippen molar-refractivity contribution in [2.45, 2.75) is 70.5 Å². The van der Waals surface area contributed by atoms with Crippen molar-refractivity contribution in [2.24, 2.45) is 11.8 Å². The minimum Gasteiger partial charge on any atom is -0.309 e. The summed E-state index contributed by atoms with van der Waals surface area (Å²) in [7, 11) is 0. The van der Waals surface area contributed by atoms with Crippen LogP contribution in [0.15, 0.2) is 0 Å². The third-order valence-corrected chi connectivity index (χ3v) is 5.46. The van der Waals surface area contributed by atoms with Crippen molar-refractivity contribution in [1.29, 1.82) is 0 Å². The Hall–Kier alpha value is -0.0800. The molecule has 4 unspecified atom stereocenters. The molecule has 0 aromatic heterocycles. The summed E-state index contributed by atoms with van der Waals surface area (Å²) in [5, 5.41) is 3.72. The van der Waals surface area contributed by atoms with Crippen LogP contribution in [0.4, 0.5) is 0 Å². The number of hydrogen-bond donors (Lipinski definition) is 1. The molecule has 98 valence electrons. The number of nitrogens with one attached hydrogen (secondary N) is 1. The second-order valence-corrected chi connectivity index (χ2v) is 7.24. The molecule has 2 nitrogen and oxygen atoms in total. The summed E-state index contributed by atoms with van der Waals surface area (Å²) in [4.78, 5) is 2.88. The topological polar surface area (TPSA) is 15.3 Å². The number of rotatable bonds is 2. The Bertz CT molecular complexity index is 287. The molecule has 0 radical (unpaired) electrons. The van der Waals surface area contributed by atoms with Gasteiger partial charge in [0, 0.05) is 30.7 Å². The molecule has 2 heteroatoms. The van der Waals surface area contributed by atoms with Crippen molar-refractivity contribution in [3.8, 4) is 0 Å². The van der Waals surface area contributed by atoms with E-state index in [1.54, 1.807) is 0 Å². The molecule has 3 aliphatic rings. The number of fused-ring (bicyclic) bond motifs is 2. The van der Waals surface area contributed by atoms with Gasteiger partial charge in [-0.15, -0.1) is 0 Å². The Balaban J connectivity index is 1.74. The van der Waals surface area contributed by atoms with Crippen molar-refractivity contribution >= 4 is 0 Å². The molecule has 17 heavy (non-hydrogen) atoms. The largest absolute Gasteiger partial charge is 0.309 e. The van der Waals surface area contributed by atoms with Crippen LogP contribution in [-0.4, -0.2) is 35.6 Å². The van der Waals surface area contributed by atoms with Crippen LogP contribution >= 0.6 is 0 Å². The molecular formula is C15H28N2. The van der Waals surface area contributed by atoms with E-state index in [2.05, 4.69) is 31.0 Å². The summed E-state index contributed by atoms with van der Waals surface area (Å²) in [6.45, 7) is 9.51. The molecule has 3 rings (SSSR count). The van der Waals surface area contributed by atoms with Gasteiger partial charge in [0.25, 0.3) is 0 Å². The summed E-state index contributed by atoms with van der Waals surface area (Å²) in [6, 6.07) is 1.70. The van der Waals surface area contributed by atoms with Crippen molar-refractivity contribution < 1.29 is 0 Å². The van der Waals surface area contributed by atoms with Gasteiger partial charge in [-0.25, -0.2) is 0 Å². The standard InChI is InChI=1S/C15H28N2/c1-4-13-9-16-15(2,3)10-17(13)14-8-11-5-6-12(14)7-11/h11-14,16H,4-10H2,1-3H3. The van der Waals surface area contributed by atoms with E-state index < -0.39 is 0 Å². The summed E-state index contributed by atoms with van der Waals surface area (Å²) < 4.78 is 0. The maximum Gasteiger partial charge on any atom is 0.0253 e. The van der Waals surface area contributed by atoms with Gasteiger partial charge in [0.1, 0.15) is 0 Å². The van der Waals surface area contributed by atoms with Crippen LogP contribution in [0.1, 0.15) is 52.9 Å². The lowest BCUT2D eigenvalue weighted by molar-refractivity contribution is 0.0289. The van der Waals surface area contributed by atoms with E-state index in [1.807, 2.05) is 0 Å². The first kappa shape index (κ1) is 12.0. The van der Waals surface area contributed by atoms with Crippen LogP contribution in [0.25, 0.3) is 0 Å². The highest BCUT2D eigenvalue weighted by atomic mass is 15.3. The Kier molecular flexibility index (Phi) is 2.99. The van der Waals surface area contributed by atoms with Crippen molar-refractivity contribution in [1.82, 2.24) is 10.2 Å². The number of piperazine rings is 1. The van der Waals surface area contributed by atoms with Gasteiger partial charge in [-0.2, -0.15) is 0 Å². The molecule has 3 fully saturated rings. The van der Waals surface area contributed by atoms with E-state index in [0.29, 0.717) is 5.54 Å². The molecule has 0 spiro atoms. The normalized spacial score (nSPS) is 45.4. The first-order chi connectivity index (χ1) is 8.09. The zero-order valence-electron chi connectivity index (χ0n) is 11.7. The second kappa shape index (κ2) is 4.24. The lowest BCUT2D eigenvalue weighted by Gasteiger charge is -2.49. The van der Waals surface area contributed by atoms with Gasteiger partial charge in [-0.05, 0) is 51.4 Å². The molecule has 2 saturated carbocycles. The summed E-state index contributed by atoms with van der Waals surface area (Å²) >= 11 is 0. The Morgan fingerprint density at radius 2 is 2.06 bits per heavy atom. The molecule has 1 N–H and O–H groups in total. The van der Waals surface area contributed by atoms with Crippen molar-refractivity contribution in [3.63, 3.8) is 0 Å². The fourth-order valence-corrected chi connectivity index (χ4v) is 4.54. The maximum absolute atomic E-state index is 3.72. The third-order valence-electron chi connectivity index (χ3n) is 5.46. The predicted molar refractivity (Wildman–Crippen MR) is 72.1 cm³/mol. The highest BCUT2D eigenvalue weighted by Gasteiger charge is 2.46. The van der Waals surface area contributed by atoms with Crippen molar-refractivity contribution in [2.75, 3.05) is 13.1 Å². The molecule has 1 saturated heterocycles. The molecular weight excluding hydrogens is 208 g/mol. The minimum atomic E-state index is 0.313. The van der Waals surface area contributed by atoms with Gasteiger partial charge in [0.15, 0.2) is 0 Å². The van der Waals surface area contributed by atoms with Gasteiger partial charge in [-0.3, -0.25) is 4.90 Å². The molecule has 0 aromatic rings. The van der Waals surface area contributed by atoms with E-state index >= 15 is 0 Å². The van der Waals surface area contributed by atoms with Crippen LogP contribution in [0, 0.1) is 11.8 Å². The number of hydrogen-bond acceptors (Lipinski definition) is 2. The van der Waals surface area contributed by atoms with E-state index in [1.165, 1.54) is 45.2 Å². The van der Waals surface area contributed by atoms with Crippen LogP contribution in [0.2, 0.25) is 0 Å². The van der Waals surface area contributed by atoms with Gasteiger partial charge in [0.05, 0.1) is 0 Å². The fourth-order valence-electron chi connectivity index (χ4n) is 4.54. The van der Waals surface area contributed by atoms with Crippen molar-refractivity contribution in [3.05, 3.63) is 0 Å². The summed E-state index contributed by atoms with van der Waals surface area (Å²) in [6.07, 6.45) is 7.36. The Morgan fingerprint density at radius 3 is 2.65 bits per heavy atom. The highest BCUT2D eigenvalue weighted by Crippen LogP contribution is 2.47. The smallest absolute Gasteiger partial charge is 0.0253 e. The average molecular weight is 236 g/mol. The quantitative estimate of drug-likeness (QED) is 0.793.